The lowest BCUT2D eigenvalue weighted by Gasteiger charge is -2.25. The first-order valence-corrected chi connectivity index (χ1v) is 24.9. The van der Waals surface area contributed by atoms with Crippen molar-refractivity contribution < 1.29 is 0 Å². The third-order valence-corrected chi connectivity index (χ3v) is 15.4. The van der Waals surface area contributed by atoms with Crippen LogP contribution < -0.4 is 0 Å². The molecule has 3 aliphatic carbocycles. The van der Waals surface area contributed by atoms with Crippen LogP contribution in [0.15, 0.2) is 206 Å². The van der Waals surface area contributed by atoms with Crippen molar-refractivity contribution in [1.29, 1.82) is 0 Å². The minimum atomic E-state index is 0.0913. The van der Waals surface area contributed by atoms with E-state index in [0.717, 1.165) is 17.7 Å². The molecule has 4 aliphatic rings. The van der Waals surface area contributed by atoms with Crippen LogP contribution >= 0.6 is 11.3 Å². The highest BCUT2D eigenvalue weighted by Crippen LogP contribution is 2.49. The third-order valence-electron chi connectivity index (χ3n) is 14.2. The molecular formula is C62H51N5S. The first-order chi connectivity index (χ1) is 33.6. The van der Waals surface area contributed by atoms with Crippen LogP contribution in [0.25, 0.3) is 60.4 Å². The number of hydrogen-bond acceptors (Lipinski definition) is 5. The van der Waals surface area contributed by atoms with Crippen LogP contribution in [0, 0.1) is 11.8 Å². The van der Waals surface area contributed by atoms with E-state index >= 15 is 0 Å². The smallest absolute Gasteiger partial charge is 0.0699 e. The Hall–Kier alpha value is -7.54. The summed E-state index contributed by atoms with van der Waals surface area (Å²) in [5, 5.41) is 3.83. The second-order valence-electron chi connectivity index (χ2n) is 18.4. The van der Waals surface area contributed by atoms with Gasteiger partial charge in [-0.15, -0.1) is 11.3 Å². The molecule has 6 heterocycles. The number of benzene rings is 4. The van der Waals surface area contributed by atoms with Gasteiger partial charge in [-0.1, -0.05) is 117 Å². The highest BCUT2D eigenvalue weighted by Gasteiger charge is 2.41. The van der Waals surface area contributed by atoms with Gasteiger partial charge < -0.3 is 4.57 Å². The van der Waals surface area contributed by atoms with Gasteiger partial charge in [0.25, 0.3) is 0 Å². The summed E-state index contributed by atoms with van der Waals surface area (Å²) in [7, 11) is 0. The van der Waals surface area contributed by atoms with Gasteiger partial charge in [0.05, 0.1) is 22.4 Å². The molecule has 0 radical (unpaired) electrons. The average Bonchev–Trinajstić information content (AvgIpc) is 4.08. The maximum Gasteiger partial charge on any atom is 0.0699 e. The van der Waals surface area contributed by atoms with E-state index in [9.17, 15) is 0 Å². The van der Waals surface area contributed by atoms with Gasteiger partial charge in [-0.05, 0) is 142 Å². The molecule has 0 amide bonds. The number of fused-ring (bicyclic) bond motifs is 7. The summed E-state index contributed by atoms with van der Waals surface area (Å²) in [6.45, 7) is 4.54. The summed E-state index contributed by atoms with van der Waals surface area (Å²) < 4.78 is 3.81. The standard InChI is InChI=1S/C54H40N4S.C8H11N/c1-33-41(39-11-8-24-55-32-39)18-22-52-53(33)47-31-40(17-21-51(47)59-52)58-49-19-15-35(34-9-2-3-10-38(27-34)48-14-6-7-25-56-48)28-45(49)46-30-36(16-20-50(46)58)42-12-4-5-13-43(42)54-44-29-37(44)23-26-57-54;1-2-5-8-6-3-4-7-9-8/h2-28,30-34,37,41,44H,29H2,1H3;3-4,6-7H,2,5H2,1H3. The third kappa shape index (κ3) is 7.78. The quantitative estimate of drug-likeness (QED) is 0.153. The molecular weight excluding hydrogens is 847 g/mol. The van der Waals surface area contributed by atoms with Gasteiger partial charge in [-0.3, -0.25) is 19.9 Å². The molecule has 1 saturated carbocycles. The Kier molecular flexibility index (Phi) is 11.0. The Morgan fingerprint density at radius 3 is 2.35 bits per heavy atom. The van der Waals surface area contributed by atoms with E-state index < -0.39 is 0 Å². The number of aliphatic imine (C=N–C) groups is 1. The number of thiophene rings is 1. The predicted molar refractivity (Wildman–Crippen MR) is 285 cm³/mol. The molecule has 9 aromatic rings. The summed E-state index contributed by atoms with van der Waals surface area (Å²) in [5.41, 5.74) is 15.8. The number of allylic oxidation sites excluding steroid dienone is 8. The molecule has 0 saturated heterocycles. The molecule has 6 heteroatoms. The fraction of sp³-hybridized carbons (Fsp3) is 0.161. The molecule has 1 fully saturated rings. The Balaban J connectivity index is 0.000000482. The molecule has 0 spiro atoms. The van der Waals surface area contributed by atoms with E-state index in [4.69, 9.17) is 4.99 Å². The molecule has 5 atom stereocenters. The van der Waals surface area contributed by atoms with Crippen LogP contribution in [0.3, 0.4) is 0 Å². The second kappa shape index (κ2) is 17.9. The zero-order chi connectivity index (χ0) is 45.6. The van der Waals surface area contributed by atoms with Crippen molar-refractivity contribution in [2.45, 2.75) is 50.9 Å². The lowest BCUT2D eigenvalue weighted by atomic mass is 9.79. The normalized spacial score (nSPS) is 20.1. The van der Waals surface area contributed by atoms with Crippen molar-refractivity contribution in [3.8, 4) is 16.8 Å². The zero-order valence-corrected chi connectivity index (χ0v) is 39.1. The van der Waals surface area contributed by atoms with E-state index in [2.05, 4.69) is 191 Å². The maximum atomic E-state index is 4.95. The topological polar surface area (TPSA) is 56.0 Å². The number of pyridine rings is 3. The Morgan fingerprint density at radius 2 is 1.53 bits per heavy atom. The molecule has 5 nitrogen and oxygen atoms in total. The van der Waals surface area contributed by atoms with Crippen LogP contribution in [-0.2, 0) is 6.42 Å². The van der Waals surface area contributed by atoms with Gasteiger partial charge >= 0.3 is 0 Å². The van der Waals surface area contributed by atoms with Crippen molar-refractivity contribution in [2.24, 2.45) is 16.8 Å². The first-order valence-electron chi connectivity index (χ1n) is 24.0. The van der Waals surface area contributed by atoms with E-state index in [0.29, 0.717) is 17.8 Å². The van der Waals surface area contributed by atoms with Gasteiger partial charge in [-0.25, -0.2) is 0 Å². The van der Waals surface area contributed by atoms with Crippen molar-refractivity contribution in [3.63, 3.8) is 0 Å². The molecule has 330 valence electrons. The summed E-state index contributed by atoms with van der Waals surface area (Å²) in [4.78, 5) is 19.6. The largest absolute Gasteiger partial charge is 0.309 e. The predicted octanol–water partition coefficient (Wildman–Crippen LogP) is 15.6. The van der Waals surface area contributed by atoms with Crippen LogP contribution in [0.2, 0.25) is 0 Å². The molecule has 0 N–H and O–H groups in total. The summed E-state index contributed by atoms with van der Waals surface area (Å²) in [5.74, 6) is 1.85. The first kappa shape index (κ1) is 41.9. The fourth-order valence-corrected chi connectivity index (χ4v) is 11.9. The van der Waals surface area contributed by atoms with Crippen molar-refractivity contribution in [2.75, 3.05) is 0 Å². The van der Waals surface area contributed by atoms with Crippen LogP contribution in [-0.4, -0.2) is 25.2 Å². The average molecular weight is 898 g/mol. The number of nitrogens with zero attached hydrogens (tertiary/aromatic N) is 5. The summed E-state index contributed by atoms with van der Waals surface area (Å²) in [6, 6.07) is 46.5. The summed E-state index contributed by atoms with van der Waals surface area (Å²) in [6.07, 6.45) is 31.1. The van der Waals surface area contributed by atoms with Crippen LogP contribution in [0.1, 0.15) is 83.0 Å². The molecule has 5 unspecified atom stereocenters. The van der Waals surface area contributed by atoms with Gasteiger partial charge in [0, 0.05) is 86.0 Å². The van der Waals surface area contributed by atoms with Gasteiger partial charge in [0.15, 0.2) is 0 Å². The molecule has 5 aromatic heterocycles. The van der Waals surface area contributed by atoms with Gasteiger partial charge in [0.2, 0.25) is 0 Å². The van der Waals surface area contributed by atoms with E-state index in [-0.39, 0.29) is 11.8 Å². The Labute approximate surface area is 402 Å². The zero-order valence-electron chi connectivity index (χ0n) is 38.3. The van der Waals surface area contributed by atoms with Gasteiger partial charge in [0.1, 0.15) is 0 Å². The molecule has 13 rings (SSSR count). The Morgan fingerprint density at radius 1 is 0.691 bits per heavy atom. The minimum Gasteiger partial charge on any atom is -0.309 e. The van der Waals surface area contributed by atoms with Crippen LogP contribution in [0.4, 0.5) is 0 Å². The van der Waals surface area contributed by atoms with Crippen molar-refractivity contribution >= 4 is 60.6 Å². The van der Waals surface area contributed by atoms with E-state index in [1.165, 1.54) is 100 Å². The lowest BCUT2D eigenvalue weighted by Crippen LogP contribution is -2.10. The van der Waals surface area contributed by atoms with Gasteiger partial charge in [-0.2, -0.15) is 0 Å². The lowest BCUT2D eigenvalue weighted by molar-refractivity contribution is 0.675. The van der Waals surface area contributed by atoms with Crippen molar-refractivity contribution in [1.82, 2.24) is 19.5 Å². The molecule has 68 heavy (non-hydrogen) atoms. The number of hydrogen-bond donors (Lipinski definition) is 0. The monoisotopic (exact) mass is 897 g/mol. The number of aryl methyl sites for hydroxylation is 1. The summed E-state index contributed by atoms with van der Waals surface area (Å²) >= 11 is 1.90. The van der Waals surface area contributed by atoms with Crippen molar-refractivity contribution in [3.05, 3.63) is 239 Å². The van der Waals surface area contributed by atoms with Crippen LogP contribution in [0.5, 0.6) is 0 Å². The Bertz CT molecular complexity index is 3530. The highest BCUT2D eigenvalue weighted by molar-refractivity contribution is 7.20. The fourth-order valence-electron chi connectivity index (χ4n) is 10.7. The second-order valence-corrected chi connectivity index (χ2v) is 19.5. The molecule has 0 bridgehead atoms. The molecule has 1 aliphatic heterocycles. The SMILES string of the molecule is CC1c2c(sc3ccc(-n4c5ccc(-c6ccccc6C6=NC=CC7CC67)cc5c5cc(C6C=CC=CC(c7ccccn7)=C6)ccc54)cc23)C=CC1c1cccnc1.CCCc1ccccn1. The van der Waals surface area contributed by atoms with E-state index in [1.54, 1.807) is 0 Å². The number of aromatic nitrogens is 4. The highest BCUT2D eigenvalue weighted by atomic mass is 32.1. The van der Waals surface area contributed by atoms with E-state index in [1.807, 2.05) is 60.5 Å². The molecule has 4 aromatic carbocycles. The minimum absolute atomic E-state index is 0.0913. The maximum absolute atomic E-state index is 4.95. The number of rotatable bonds is 8.